The molecule has 27 heavy (non-hydrogen) atoms. The van der Waals surface area contributed by atoms with Crippen LogP contribution in [0.3, 0.4) is 0 Å². The van der Waals surface area contributed by atoms with Gasteiger partial charge in [-0.25, -0.2) is 0 Å². The third kappa shape index (κ3) is 4.45. The zero-order valence-corrected chi connectivity index (χ0v) is 16.7. The number of rotatable bonds is 5. The van der Waals surface area contributed by atoms with Crippen molar-refractivity contribution in [3.63, 3.8) is 0 Å². The molecule has 0 saturated heterocycles. The largest absolute Gasteiger partial charge is 0.346 e. The van der Waals surface area contributed by atoms with Crippen molar-refractivity contribution in [1.82, 2.24) is 15.1 Å². The van der Waals surface area contributed by atoms with E-state index in [1.54, 1.807) is 0 Å². The molecule has 4 nitrogen and oxygen atoms in total. The van der Waals surface area contributed by atoms with Crippen molar-refractivity contribution >= 4 is 5.91 Å². The number of hydrogen-bond acceptors (Lipinski definition) is 2. The first kappa shape index (κ1) is 18.9. The van der Waals surface area contributed by atoms with E-state index in [2.05, 4.69) is 55.5 Å². The number of amides is 1. The Balaban J connectivity index is 1.67. The fourth-order valence-electron chi connectivity index (χ4n) is 3.44. The van der Waals surface area contributed by atoms with Crippen molar-refractivity contribution in [1.29, 1.82) is 0 Å². The van der Waals surface area contributed by atoms with Crippen molar-refractivity contribution in [2.75, 3.05) is 0 Å². The molecule has 0 aliphatic rings. The lowest BCUT2D eigenvalue weighted by Gasteiger charge is -2.17. The van der Waals surface area contributed by atoms with Crippen LogP contribution in [0.15, 0.2) is 48.5 Å². The number of carbonyl (C=O) groups is 1. The number of benzene rings is 2. The molecular formula is C23H27N3O. The molecule has 1 amide bonds. The van der Waals surface area contributed by atoms with Crippen LogP contribution in [0.2, 0.25) is 0 Å². The van der Waals surface area contributed by atoms with E-state index in [1.165, 1.54) is 11.1 Å². The molecule has 0 radical (unpaired) electrons. The Morgan fingerprint density at radius 1 is 1.04 bits per heavy atom. The first-order chi connectivity index (χ1) is 12.8. The highest BCUT2D eigenvalue weighted by atomic mass is 16.1. The molecule has 0 spiro atoms. The summed E-state index contributed by atoms with van der Waals surface area (Å²) >= 11 is 0. The molecular weight excluding hydrogens is 334 g/mol. The van der Waals surface area contributed by atoms with E-state index < -0.39 is 0 Å². The Hall–Kier alpha value is -2.88. The quantitative estimate of drug-likeness (QED) is 0.719. The molecule has 0 saturated carbocycles. The molecule has 3 rings (SSSR count). The van der Waals surface area contributed by atoms with E-state index in [4.69, 9.17) is 0 Å². The standard InChI is InChI=1S/C23H27N3O/c1-15-6-11-22(16(2)12-15)19(5)24-23(27)21-9-7-20(8-10-21)14-26-18(4)13-17(3)25-26/h6-13,19H,14H2,1-5H3,(H,24,27)/t19-/m1/s1. The summed E-state index contributed by atoms with van der Waals surface area (Å²) < 4.78 is 1.98. The SMILES string of the molecule is Cc1ccc([C@@H](C)NC(=O)c2ccc(Cn3nc(C)cc3C)cc2)c(C)c1. The first-order valence-electron chi connectivity index (χ1n) is 9.31. The Morgan fingerprint density at radius 2 is 1.74 bits per heavy atom. The van der Waals surface area contributed by atoms with Gasteiger partial charge in [0.05, 0.1) is 18.3 Å². The fourth-order valence-corrected chi connectivity index (χ4v) is 3.44. The summed E-state index contributed by atoms with van der Waals surface area (Å²) in [6, 6.07) is 16.1. The van der Waals surface area contributed by atoms with Gasteiger partial charge in [0.15, 0.2) is 0 Å². The molecule has 1 atom stereocenters. The van der Waals surface area contributed by atoms with Crippen LogP contribution in [0.4, 0.5) is 0 Å². The average molecular weight is 361 g/mol. The van der Waals surface area contributed by atoms with E-state index in [0.717, 1.165) is 22.5 Å². The van der Waals surface area contributed by atoms with Crippen molar-refractivity contribution in [3.8, 4) is 0 Å². The van der Waals surface area contributed by atoms with Gasteiger partial charge >= 0.3 is 0 Å². The Labute approximate surface area is 161 Å². The fraction of sp³-hybridized carbons (Fsp3) is 0.304. The second-order valence-electron chi connectivity index (χ2n) is 7.34. The normalized spacial score (nSPS) is 12.0. The van der Waals surface area contributed by atoms with Crippen LogP contribution in [0, 0.1) is 27.7 Å². The number of aromatic nitrogens is 2. The van der Waals surface area contributed by atoms with Crippen LogP contribution in [0.1, 0.15) is 57.0 Å². The molecule has 0 aliphatic carbocycles. The highest BCUT2D eigenvalue weighted by Crippen LogP contribution is 2.19. The van der Waals surface area contributed by atoms with E-state index in [-0.39, 0.29) is 11.9 Å². The van der Waals surface area contributed by atoms with Crippen LogP contribution < -0.4 is 5.32 Å². The Bertz CT molecular complexity index is 954. The van der Waals surface area contributed by atoms with Crippen molar-refractivity contribution < 1.29 is 4.79 Å². The number of nitrogens with one attached hydrogen (secondary N) is 1. The molecule has 0 fully saturated rings. The van der Waals surface area contributed by atoms with Gasteiger partial charge in [-0.1, -0.05) is 35.9 Å². The minimum Gasteiger partial charge on any atom is -0.346 e. The first-order valence-corrected chi connectivity index (χ1v) is 9.31. The summed E-state index contributed by atoms with van der Waals surface area (Å²) in [5.74, 6) is -0.0554. The maximum atomic E-state index is 12.6. The summed E-state index contributed by atoms with van der Waals surface area (Å²) in [6.07, 6.45) is 0. The minimum atomic E-state index is -0.0554. The zero-order chi connectivity index (χ0) is 19.6. The van der Waals surface area contributed by atoms with Crippen LogP contribution in [-0.4, -0.2) is 15.7 Å². The molecule has 1 heterocycles. The van der Waals surface area contributed by atoms with E-state index in [1.807, 2.05) is 42.8 Å². The molecule has 140 valence electrons. The molecule has 2 aromatic carbocycles. The highest BCUT2D eigenvalue weighted by Gasteiger charge is 2.13. The van der Waals surface area contributed by atoms with Crippen molar-refractivity contribution in [2.45, 2.75) is 47.2 Å². The van der Waals surface area contributed by atoms with Crippen molar-refractivity contribution in [2.24, 2.45) is 0 Å². The molecule has 1 aromatic heterocycles. The molecule has 3 aromatic rings. The van der Waals surface area contributed by atoms with E-state index >= 15 is 0 Å². The van der Waals surface area contributed by atoms with Crippen LogP contribution in [-0.2, 0) is 6.54 Å². The van der Waals surface area contributed by atoms with Crippen LogP contribution in [0.5, 0.6) is 0 Å². The van der Waals surface area contributed by atoms with Crippen LogP contribution in [0.25, 0.3) is 0 Å². The zero-order valence-electron chi connectivity index (χ0n) is 16.7. The Morgan fingerprint density at radius 3 is 2.33 bits per heavy atom. The minimum absolute atomic E-state index is 0.0347. The van der Waals surface area contributed by atoms with Gasteiger partial charge < -0.3 is 5.32 Å². The molecule has 1 N–H and O–H groups in total. The summed E-state index contributed by atoms with van der Waals surface area (Å²) in [5, 5.41) is 7.59. The lowest BCUT2D eigenvalue weighted by Crippen LogP contribution is -2.27. The number of carbonyl (C=O) groups excluding carboxylic acids is 1. The van der Waals surface area contributed by atoms with Gasteiger partial charge in [0.25, 0.3) is 5.91 Å². The number of hydrogen-bond donors (Lipinski definition) is 1. The lowest BCUT2D eigenvalue weighted by molar-refractivity contribution is 0.0940. The second-order valence-corrected chi connectivity index (χ2v) is 7.34. The van der Waals surface area contributed by atoms with E-state index in [9.17, 15) is 4.79 Å². The predicted molar refractivity (Wildman–Crippen MR) is 109 cm³/mol. The number of nitrogens with zero attached hydrogens (tertiary/aromatic N) is 2. The second kappa shape index (κ2) is 7.78. The van der Waals surface area contributed by atoms with Gasteiger partial charge in [0.1, 0.15) is 0 Å². The molecule has 4 heteroatoms. The van der Waals surface area contributed by atoms with Gasteiger partial charge in [0, 0.05) is 11.3 Å². The summed E-state index contributed by atoms with van der Waals surface area (Å²) in [7, 11) is 0. The number of aryl methyl sites for hydroxylation is 4. The lowest BCUT2D eigenvalue weighted by atomic mass is 10.00. The average Bonchev–Trinajstić information content (AvgIpc) is 2.92. The maximum absolute atomic E-state index is 12.6. The van der Waals surface area contributed by atoms with Crippen molar-refractivity contribution in [3.05, 3.63) is 87.7 Å². The van der Waals surface area contributed by atoms with Gasteiger partial charge in [0.2, 0.25) is 0 Å². The highest BCUT2D eigenvalue weighted by molar-refractivity contribution is 5.94. The van der Waals surface area contributed by atoms with Crippen LogP contribution >= 0.6 is 0 Å². The van der Waals surface area contributed by atoms with E-state index in [0.29, 0.717) is 12.1 Å². The maximum Gasteiger partial charge on any atom is 0.251 e. The third-order valence-corrected chi connectivity index (χ3v) is 4.89. The predicted octanol–water partition coefficient (Wildman–Crippen LogP) is 4.66. The molecule has 0 aliphatic heterocycles. The van der Waals surface area contributed by atoms with Gasteiger partial charge in [-0.2, -0.15) is 5.10 Å². The van der Waals surface area contributed by atoms with Gasteiger partial charge in [-0.3, -0.25) is 9.48 Å². The Kier molecular flexibility index (Phi) is 5.45. The summed E-state index contributed by atoms with van der Waals surface area (Å²) in [6.45, 7) is 10.9. The molecule has 0 unspecified atom stereocenters. The van der Waals surface area contributed by atoms with Gasteiger partial charge in [-0.05, 0) is 69.5 Å². The molecule has 0 bridgehead atoms. The smallest absolute Gasteiger partial charge is 0.251 e. The van der Waals surface area contributed by atoms with Gasteiger partial charge in [-0.15, -0.1) is 0 Å². The monoisotopic (exact) mass is 361 g/mol. The summed E-state index contributed by atoms with van der Waals surface area (Å²) in [4.78, 5) is 12.6. The topological polar surface area (TPSA) is 46.9 Å². The summed E-state index contributed by atoms with van der Waals surface area (Å²) in [5.41, 5.74) is 7.52. The third-order valence-electron chi connectivity index (χ3n) is 4.89.